The Balaban J connectivity index is 0.729. The van der Waals surface area contributed by atoms with Crippen LogP contribution in [0.2, 0.25) is 0 Å². The molecule has 6 aromatic carbocycles. The number of ether oxygens (including phenoxy) is 2. The minimum Gasteiger partial charge on any atom is -0.378 e. The van der Waals surface area contributed by atoms with Crippen LogP contribution in [0.15, 0.2) is 182 Å². The largest absolute Gasteiger partial charge is 0.378 e. The molecule has 0 atom stereocenters. The zero-order valence-electron chi connectivity index (χ0n) is 37.3. The maximum Gasteiger partial charge on any atom is 0.0906 e. The van der Waals surface area contributed by atoms with Crippen LogP contribution < -0.4 is 0 Å². The van der Waals surface area contributed by atoms with Crippen molar-refractivity contribution in [2.45, 2.75) is 35.2 Å². The normalized spacial score (nSPS) is 11.8. The molecular formula is C56H66O2S6. The fourth-order valence-electron chi connectivity index (χ4n) is 7.80. The van der Waals surface area contributed by atoms with Crippen LogP contribution in [-0.4, -0.2) is 84.0 Å². The molecule has 8 heteroatoms. The van der Waals surface area contributed by atoms with Gasteiger partial charge in [-0.1, -0.05) is 182 Å². The molecule has 0 saturated heterocycles. The molecule has 0 amide bonds. The first-order valence-corrected chi connectivity index (χ1v) is 29.5. The highest BCUT2D eigenvalue weighted by atomic mass is 32.2. The van der Waals surface area contributed by atoms with Crippen molar-refractivity contribution < 1.29 is 9.47 Å². The van der Waals surface area contributed by atoms with Crippen molar-refractivity contribution >= 4 is 70.6 Å². The number of rotatable bonds is 33. The molecule has 0 fully saturated rings. The minimum absolute atomic E-state index is 0.214. The quantitative estimate of drug-likeness (QED) is 0.0296. The van der Waals surface area contributed by atoms with E-state index in [1.54, 1.807) is 0 Å². The van der Waals surface area contributed by atoms with Gasteiger partial charge in [-0.25, -0.2) is 0 Å². The highest BCUT2D eigenvalue weighted by Crippen LogP contribution is 2.50. The fourth-order valence-corrected chi connectivity index (χ4v) is 14.9. The average molecular weight is 964 g/mol. The molecule has 64 heavy (non-hydrogen) atoms. The molecule has 0 saturated carbocycles. The van der Waals surface area contributed by atoms with E-state index in [0.29, 0.717) is 13.2 Å². The Hall–Kier alpha value is -2.66. The van der Waals surface area contributed by atoms with Crippen LogP contribution in [-0.2, 0) is 19.0 Å². The third-order valence-corrected chi connectivity index (χ3v) is 18.6. The lowest BCUT2D eigenvalue weighted by Gasteiger charge is -2.35. The van der Waals surface area contributed by atoms with Crippen LogP contribution >= 0.6 is 70.6 Å². The number of hydrogen-bond acceptors (Lipinski definition) is 8. The zero-order valence-corrected chi connectivity index (χ0v) is 42.2. The van der Waals surface area contributed by atoms with Gasteiger partial charge in [-0.2, -0.15) is 47.0 Å². The highest BCUT2D eigenvalue weighted by molar-refractivity contribution is 8.03. The molecule has 0 aliphatic carbocycles. The van der Waals surface area contributed by atoms with E-state index in [9.17, 15) is 0 Å². The van der Waals surface area contributed by atoms with E-state index in [2.05, 4.69) is 229 Å². The monoisotopic (exact) mass is 962 g/mol. The van der Waals surface area contributed by atoms with Crippen molar-refractivity contribution in [1.29, 1.82) is 0 Å². The summed E-state index contributed by atoms with van der Waals surface area (Å²) in [4.78, 5) is 0. The Morgan fingerprint density at radius 3 is 0.859 bits per heavy atom. The number of hydrogen-bond donors (Lipinski definition) is 0. The SMILES string of the molecule is c1ccc(C(SCCCCSCCSCCOCCOCCSCCCSCCCSC(c2ccccc2)(c2ccccc2)c2ccccc2)(c2ccccc2)c2ccccc2)cc1. The van der Waals surface area contributed by atoms with Gasteiger partial charge in [0.05, 0.1) is 35.9 Å². The first-order chi connectivity index (χ1) is 31.8. The predicted octanol–water partition coefficient (Wildman–Crippen LogP) is 15.0. The van der Waals surface area contributed by atoms with Gasteiger partial charge in [-0.15, -0.1) is 23.5 Å². The van der Waals surface area contributed by atoms with E-state index in [1.807, 2.05) is 23.5 Å². The van der Waals surface area contributed by atoms with Crippen LogP contribution in [0.5, 0.6) is 0 Å². The first-order valence-electron chi connectivity index (χ1n) is 22.9. The summed E-state index contributed by atoms with van der Waals surface area (Å²) in [5, 5.41) is 0. The molecule has 0 heterocycles. The zero-order chi connectivity index (χ0) is 44.1. The molecule has 0 aliphatic heterocycles. The lowest BCUT2D eigenvalue weighted by molar-refractivity contribution is 0.0605. The Morgan fingerprint density at radius 1 is 0.250 bits per heavy atom. The fraction of sp³-hybridized carbons (Fsp3) is 0.357. The van der Waals surface area contributed by atoms with E-state index in [1.165, 1.54) is 93.6 Å². The van der Waals surface area contributed by atoms with Gasteiger partial charge in [-0.3, -0.25) is 0 Å². The van der Waals surface area contributed by atoms with E-state index in [0.717, 1.165) is 36.2 Å². The highest BCUT2D eigenvalue weighted by Gasteiger charge is 2.37. The number of unbranched alkanes of at least 4 members (excludes halogenated alkanes) is 1. The van der Waals surface area contributed by atoms with E-state index >= 15 is 0 Å². The summed E-state index contributed by atoms with van der Waals surface area (Å²) in [6, 6.07) is 66.3. The molecule has 0 aliphatic rings. The third kappa shape index (κ3) is 16.0. The Kier molecular flexibility index (Phi) is 24.3. The molecule has 0 spiro atoms. The van der Waals surface area contributed by atoms with Crippen LogP contribution in [0.25, 0.3) is 0 Å². The Labute approximate surface area is 411 Å². The van der Waals surface area contributed by atoms with Gasteiger partial charge >= 0.3 is 0 Å². The molecule has 0 unspecified atom stereocenters. The molecule has 0 bridgehead atoms. The van der Waals surface area contributed by atoms with Crippen molar-refractivity contribution in [2.75, 3.05) is 84.0 Å². The van der Waals surface area contributed by atoms with E-state index < -0.39 is 0 Å². The Morgan fingerprint density at radius 2 is 0.500 bits per heavy atom. The number of thioether (sulfide) groups is 6. The van der Waals surface area contributed by atoms with Crippen molar-refractivity contribution in [3.05, 3.63) is 215 Å². The maximum atomic E-state index is 5.85. The smallest absolute Gasteiger partial charge is 0.0906 e. The molecular weight excluding hydrogens is 897 g/mol. The van der Waals surface area contributed by atoms with Gasteiger partial charge in [-0.05, 0) is 93.6 Å². The van der Waals surface area contributed by atoms with Crippen molar-refractivity contribution in [3.8, 4) is 0 Å². The first kappa shape index (κ1) is 50.7. The van der Waals surface area contributed by atoms with Crippen LogP contribution in [0.3, 0.4) is 0 Å². The van der Waals surface area contributed by atoms with Gasteiger partial charge in [0, 0.05) is 23.0 Å². The third-order valence-electron chi connectivity index (χ3n) is 10.9. The number of benzene rings is 6. The summed E-state index contributed by atoms with van der Waals surface area (Å²) in [5.41, 5.74) is 8.07. The van der Waals surface area contributed by atoms with E-state index in [-0.39, 0.29) is 9.49 Å². The summed E-state index contributed by atoms with van der Waals surface area (Å²) in [5.74, 6) is 11.6. The lowest BCUT2D eigenvalue weighted by Crippen LogP contribution is -2.26. The van der Waals surface area contributed by atoms with E-state index in [4.69, 9.17) is 9.47 Å². The lowest BCUT2D eigenvalue weighted by atomic mass is 9.84. The second-order valence-corrected chi connectivity index (χ2v) is 22.9. The van der Waals surface area contributed by atoms with Gasteiger partial charge in [0.2, 0.25) is 0 Å². The van der Waals surface area contributed by atoms with Gasteiger partial charge in [0.15, 0.2) is 0 Å². The molecule has 6 rings (SSSR count). The van der Waals surface area contributed by atoms with Crippen LogP contribution in [0.1, 0.15) is 59.1 Å². The van der Waals surface area contributed by atoms with Gasteiger partial charge in [0.1, 0.15) is 0 Å². The predicted molar refractivity (Wildman–Crippen MR) is 293 cm³/mol. The van der Waals surface area contributed by atoms with Gasteiger partial charge in [0.25, 0.3) is 0 Å². The summed E-state index contributed by atoms with van der Waals surface area (Å²) >= 11 is 12.4. The van der Waals surface area contributed by atoms with Crippen molar-refractivity contribution in [3.63, 3.8) is 0 Å². The second-order valence-electron chi connectivity index (χ2n) is 15.3. The topological polar surface area (TPSA) is 18.5 Å². The summed E-state index contributed by atoms with van der Waals surface area (Å²) in [6.45, 7) is 3.00. The van der Waals surface area contributed by atoms with Crippen molar-refractivity contribution in [1.82, 2.24) is 0 Å². The molecule has 338 valence electrons. The van der Waals surface area contributed by atoms with Crippen LogP contribution in [0, 0.1) is 0 Å². The van der Waals surface area contributed by atoms with Gasteiger partial charge < -0.3 is 9.47 Å². The standard InChI is InChI=1S/C56H66O2S6/c1-7-23-49(24-8-1)55(50-25-9-2-10-26-50,51-27-11-3-12-28-51)63-43-20-19-39-61-47-48-62-46-38-58-36-35-57-37-45-60-41-21-40-59-42-22-44-64-56(52-29-13-4-14-30-52,53-31-15-5-16-32-53)54-33-17-6-18-34-54/h1-18,23-34H,19-22,35-48H2. The molecule has 0 radical (unpaired) electrons. The average Bonchev–Trinajstić information content (AvgIpc) is 3.37. The molecule has 6 aromatic rings. The Bertz CT molecular complexity index is 1700. The summed E-state index contributed by atoms with van der Waals surface area (Å²) < 4.78 is 11.3. The minimum atomic E-state index is -0.217. The second kappa shape index (κ2) is 30.6. The van der Waals surface area contributed by atoms with Crippen molar-refractivity contribution in [2.24, 2.45) is 0 Å². The molecule has 0 aromatic heterocycles. The summed E-state index contributed by atoms with van der Waals surface area (Å²) in [7, 11) is 0. The summed E-state index contributed by atoms with van der Waals surface area (Å²) in [6.07, 6.45) is 4.92. The van der Waals surface area contributed by atoms with Crippen LogP contribution in [0.4, 0.5) is 0 Å². The maximum absolute atomic E-state index is 5.85. The molecule has 2 nitrogen and oxygen atoms in total. The molecule has 0 N–H and O–H groups in total.